The van der Waals surface area contributed by atoms with Crippen LogP contribution < -0.4 is 0 Å². The normalized spacial score (nSPS) is 50.4. The van der Waals surface area contributed by atoms with Crippen molar-refractivity contribution in [3.05, 3.63) is 12.2 Å². The van der Waals surface area contributed by atoms with Gasteiger partial charge in [-0.3, -0.25) is 4.90 Å². The lowest BCUT2D eigenvalue weighted by Crippen LogP contribution is -2.20. The molecule has 1 aliphatic heterocycles. The predicted molar refractivity (Wildman–Crippen MR) is 58.2 cm³/mol. The highest BCUT2D eigenvalue weighted by atomic mass is 127. The lowest BCUT2D eigenvalue weighted by molar-refractivity contribution is 0.353. The molecule has 1 heterocycles. The van der Waals surface area contributed by atoms with Crippen molar-refractivity contribution < 1.29 is 0 Å². The molecule has 0 spiro atoms. The van der Waals surface area contributed by atoms with Crippen molar-refractivity contribution in [2.24, 2.45) is 23.7 Å². The quantitative estimate of drug-likeness (QED) is 0.307. The number of hydrogen-bond acceptors (Lipinski definition) is 1. The summed E-state index contributed by atoms with van der Waals surface area (Å²) in [5, 5.41) is 0. The Balaban J connectivity index is 1.82. The first kappa shape index (κ1) is 7.80. The van der Waals surface area contributed by atoms with Gasteiger partial charge >= 0.3 is 0 Å². The topological polar surface area (TPSA) is 3.24 Å². The van der Waals surface area contributed by atoms with Crippen LogP contribution in [0, 0.1) is 23.7 Å². The molecule has 2 aliphatic carbocycles. The van der Waals surface area contributed by atoms with E-state index in [2.05, 4.69) is 39.6 Å². The van der Waals surface area contributed by atoms with Crippen LogP contribution in [0.1, 0.15) is 6.42 Å². The molecule has 66 valence electrons. The number of hydrogen-bond donors (Lipinski definition) is 0. The highest BCUT2D eigenvalue weighted by Crippen LogP contribution is 2.51. The van der Waals surface area contributed by atoms with E-state index >= 15 is 0 Å². The third kappa shape index (κ3) is 0.939. The Kier molecular flexibility index (Phi) is 1.76. The summed E-state index contributed by atoms with van der Waals surface area (Å²) in [6.45, 7) is 2.75. The maximum absolute atomic E-state index is 2.61. The molecule has 1 saturated heterocycles. The summed E-state index contributed by atoms with van der Waals surface area (Å²) in [5.74, 6) is 3.95. The van der Waals surface area contributed by atoms with Crippen molar-refractivity contribution >= 4 is 22.6 Å². The first-order chi connectivity index (χ1) is 5.88. The molecule has 0 N–H and O–H groups in total. The summed E-state index contributed by atoms with van der Waals surface area (Å²) in [4.78, 5) is 2.61. The van der Waals surface area contributed by atoms with E-state index in [0.717, 1.165) is 23.7 Å². The van der Waals surface area contributed by atoms with Crippen LogP contribution in [0.2, 0.25) is 0 Å². The molecule has 12 heavy (non-hydrogen) atoms. The number of fused-ring (bicyclic) bond motifs is 5. The molecule has 1 nitrogen and oxygen atoms in total. The molecule has 2 fully saturated rings. The summed E-state index contributed by atoms with van der Waals surface area (Å²) >= 11 is 2.49. The maximum Gasteiger partial charge on any atom is 0.0505 e. The Morgan fingerprint density at radius 2 is 1.75 bits per heavy atom. The highest BCUT2D eigenvalue weighted by Gasteiger charge is 2.48. The molecule has 0 radical (unpaired) electrons. The zero-order chi connectivity index (χ0) is 8.13. The predicted octanol–water partition coefficient (Wildman–Crippen LogP) is 2.13. The Hall–Kier alpha value is 0.430. The van der Waals surface area contributed by atoms with Crippen LogP contribution in [0.3, 0.4) is 0 Å². The van der Waals surface area contributed by atoms with Gasteiger partial charge in [0, 0.05) is 13.1 Å². The van der Waals surface area contributed by atoms with Crippen LogP contribution in [0.15, 0.2) is 12.2 Å². The average Bonchev–Trinajstić information content (AvgIpc) is 2.75. The molecule has 1 saturated carbocycles. The number of rotatable bonds is 1. The van der Waals surface area contributed by atoms with E-state index in [0.29, 0.717) is 0 Å². The van der Waals surface area contributed by atoms with Gasteiger partial charge in [0.25, 0.3) is 0 Å². The third-order valence-corrected chi connectivity index (χ3v) is 4.87. The number of nitrogens with zero attached hydrogens (tertiary/aromatic N) is 1. The molecule has 4 atom stereocenters. The van der Waals surface area contributed by atoms with Gasteiger partial charge in [0.2, 0.25) is 0 Å². The van der Waals surface area contributed by atoms with Crippen molar-refractivity contribution in [2.75, 3.05) is 17.6 Å². The average molecular weight is 275 g/mol. The fourth-order valence-electron chi connectivity index (χ4n) is 3.34. The minimum Gasteiger partial charge on any atom is -0.294 e. The summed E-state index contributed by atoms with van der Waals surface area (Å²) in [5.41, 5.74) is 0. The van der Waals surface area contributed by atoms with E-state index in [-0.39, 0.29) is 0 Å². The van der Waals surface area contributed by atoms with Gasteiger partial charge in [0.1, 0.15) is 0 Å². The number of halogens is 1. The zero-order valence-electron chi connectivity index (χ0n) is 7.12. The third-order valence-electron chi connectivity index (χ3n) is 3.91. The van der Waals surface area contributed by atoms with Crippen molar-refractivity contribution in [1.82, 2.24) is 4.90 Å². The molecule has 2 bridgehead atoms. The van der Waals surface area contributed by atoms with E-state index in [1.807, 2.05) is 0 Å². The van der Waals surface area contributed by atoms with Crippen LogP contribution in [-0.2, 0) is 0 Å². The summed E-state index contributed by atoms with van der Waals surface area (Å²) in [7, 11) is 0. The van der Waals surface area contributed by atoms with E-state index in [1.165, 1.54) is 24.1 Å². The first-order valence-electron chi connectivity index (χ1n) is 4.85. The van der Waals surface area contributed by atoms with Crippen LogP contribution in [0.4, 0.5) is 0 Å². The Labute approximate surface area is 87.3 Å². The molecule has 0 aromatic carbocycles. The summed E-state index contributed by atoms with van der Waals surface area (Å²) in [6, 6.07) is 0. The van der Waals surface area contributed by atoms with Gasteiger partial charge in [0.05, 0.1) is 4.55 Å². The smallest absolute Gasteiger partial charge is 0.0505 e. The van der Waals surface area contributed by atoms with Gasteiger partial charge in [-0.05, 0) is 30.1 Å². The van der Waals surface area contributed by atoms with E-state index in [9.17, 15) is 0 Å². The van der Waals surface area contributed by atoms with Gasteiger partial charge < -0.3 is 0 Å². The van der Waals surface area contributed by atoms with Crippen LogP contribution >= 0.6 is 22.6 Å². The Morgan fingerprint density at radius 3 is 2.25 bits per heavy atom. The molecule has 0 aromatic heterocycles. The molecular weight excluding hydrogens is 261 g/mol. The second-order valence-electron chi connectivity index (χ2n) is 4.43. The number of likely N-dealkylation sites (tertiary alicyclic amines) is 1. The largest absolute Gasteiger partial charge is 0.294 e. The molecule has 2 unspecified atom stereocenters. The van der Waals surface area contributed by atoms with Gasteiger partial charge in [-0.2, -0.15) is 0 Å². The van der Waals surface area contributed by atoms with Crippen molar-refractivity contribution in [3.63, 3.8) is 0 Å². The molecular formula is C10H14IN. The van der Waals surface area contributed by atoms with Gasteiger partial charge in [-0.15, -0.1) is 0 Å². The minimum atomic E-state index is 0.952. The van der Waals surface area contributed by atoms with Crippen LogP contribution in [-0.4, -0.2) is 22.5 Å². The van der Waals surface area contributed by atoms with Gasteiger partial charge in [0.15, 0.2) is 0 Å². The second kappa shape index (κ2) is 2.71. The number of alkyl halides is 1. The fraction of sp³-hybridized carbons (Fsp3) is 0.800. The molecule has 0 amide bonds. The highest BCUT2D eigenvalue weighted by molar-refractivity contribution is 14.1. The maximum atomic E-state index is 2.61. The van der Waals surface area contributed by atoms with Crippen molar-refractivity contribution in [1.29, 1.82) is 0 Å². The Morgan fingerprint density at radius 1 is 1.17 bits per heavy atom. The summed E-state index contributed by atoms with van der Waals surface area (Å²) < 4.78 is 1.23. The van der Waals surface area contributed by atoms with Crippen molar-refractivity contribution in [3.8, 4) is 0 Å². The molecule has 3 rings (SSSR count). The number of allylic oxidation sites excluding steroid dienone is 2. The fourth-order valence-corrected chi connectivity index (χ4v) is 3.89. The van der Waals surface area contributed by atoms with Crippen LogP contribution in [0.5, 0.6) is 0 Å². The SMILES string of the molecule is ICN1C[C@@H]2C3C=CC(C3)[C@@H]2C1. The first-order valence-corrected chi connectivity index (χ1v) is 6.37. The van der Waals surface area contributed by atoms with E-state index in [4.69, 9.17) is 0 Å². The molecule has 0 aromatic rings. The molecule has 3 aliphatic rings. The van der Waals surface area contributed by atoms with E-state index in [1.54, 1.807) is 0 Å². The van der Waals surface area contributed by atoms with E-state index < -0.39 is 0 Å². The lowest BCUT2D eigenvalue weighted by Gasteiger charge is -2.17. The van der Waals surface area contributed by atoms with Crippen molar-refractivity contribution in [2.45, 2.75) is 6.42 Å². The molecule has 2 heteroatoms. The van der Waals surface area contributed by atoms with Crippen LogP contribution in [0.25, 0.3) is 0 Å². The Bertz CT molecular complexity index is 206. The standard InChI is InChI=1S/C10H14IN/c11-6-12-4-9-7-1-2-8(3-7)10(9)5-12/h1-2,7-10H,3-6H2/t7?,8?,9-,10+. The zero-order valence-corrected chi connectivity index (χ0v) is 9.28. The monoisotopic (exact) mass is 275 g/mol. The van der Waals surface area contributed by atoms with Gasteiger partial charge in [-0.1, -0.05) is 34.7 Å². The summed E-state index contributed by atoms with van der Waals surface area (Å²) in [6.07, 6.45) is 6.43. The minimum absolute atomic E-state index is 0.952. The van der Waals surface area contributed by atoms with Gasteiger partial charge in [-0.25, -0.2) is 0 Å². The lowest BCUT2D eigenvalue weighted by atomic mass is 9.86. The second-order valence-corrected chi connectivity index (χ2v) is 5.11.